The number of rotatable bonds is 5. The van der Waals surface area contributed by atoms with Crippen LogP contribution in [0.4, 0.5) is 0 Å². The summed E-state index contributed by atoms with van der Waals surface area (Å²) < 4.78 is 5.47. The second-order valence-corrected chi connectivity index (χ2v) is 7.42. The average Bonchev–Trinajstić information content (AvgIpc) is 3.36. The average molecular weight is 411 g/mol. The predicted molar refractivity (Wildman–Crippen MR) is 110 cm³/mol. The summed E-state index contributed by atoms with van der Waals surface area (Å²) in [6, 6.07) is 12.3. The summed E-state index contributed by atoms with van der Waals surface area (Å²) in [5.74, 6) is -0.451. The number of H-pyrrole nitrogens is 1. The topological polar surface area (TPSA) is 72.1 Å². The van der Waals surface area contributed by atoms with E-state index in [1.54, 1.807) is 43.5 Å². The zero-order chi connectivity index (χ0) is 19.7. The fraction of sp³-hybridized carbons (Fsp3) is 0.0952. The van der Waals surface area contributed by atoms with Gasteiger partial charge in [-0.05, 0) is 18.2 Å². The molecule has 0 saturated carbocycles. The van der Waals surface area contributed by atoms with Gasteiger partial charge in [0.1, 0.15) is 10.7 Å². The Bertz CT molecular complexity index is 1160. The van der Waals surface area contributed by atoms with Crippen molar-refractivity contribution in [3.05, 3.63) is 70.3 Å². The van der Waals surface area contributed by atoms with Crippen molar-refractivity contribution in [1.82, 2.24) is 9.97 Å². The lowest BCUT2D eigenvalue weighted by atomic mass is 10.1. The molecule has 4 aromatic rings. The number of halogens is 1. The number of fused-ring (bicyclic) bond motifs is 1. The van der Waals surface area contributed by atoms with Crippen LogP contribution in [0.5, 0.6) is 5.75 Å². The van der Waals surface area contributed by atoms with E-state index in [4.69, 9.17) is 16.3 Å². The van der Waals surface area contributed by atoms with E-state index >= 15 is 0 Å². The molecular weight excluding hydrogens is 396 g/mol. The molecule has 2 heterocycles. The van der Waals surface area contributed by atoms with E-state index in [0.29, 0.717) is 21.5 Å². The summed E-state index contributed by atoms with van der Waals surface area (Å²) >= 11 is 7.59. The molecule has 0 aliphatic carbocycles. The number of ketones is 1. The fourth-order valence-electron chi connectivity index (χ4n) is 2.87. The van der Waals surface area contributed by atoms with Crippen LogP contribution in [0.25, 0.3) is 21.5 Å². The maximum absolute atomic E-state index is 13.1. The van der Waals surface area contributed by atoms with E-state index in [2.05, 4.69) is 9.97 Å². The van der Waals surface area contributed by atoms with Crippen LogP contribution < -0.4 is 4.74 Å². The number of aromatic nitrogens is 2. The standard InChI is InChI=1S/C21H15ClN2O3S/c1-2-17(25)27-20-15-8-7-14(22)11-16(15)24-18(20)19(26)12-3-5-13(6-4-12)21-23-9-10-28-21/h3-11,24H,2H2,1H3. The van der Waals surface area contributed by atoms with Gasteiger partial charge in [0, 0.05) is 39.5 Å². The summed E-state index contributed by atoms with van der Waals surface area (Å²) in [6.07, 6.45) is 1.94. The number of esters is 1. The van der Waals surface area contributed by atoms with Crippen molar-refractivity contribution in [3.63, 3.8) is 0 Å². The molecule has 0 unspecified atom stereocenters. The van der Waals surface area contributed by atoms with E-state index in [1.807, 2.05) is 17.5 Å². The van der Waals surface area contributed by atoms with Gasteiger partial charge in [-0.25, -0.2) is 4.98 Å². The zero-order valence-electron chi connectivity index (χ0n) is 14.9. The van der Waals surface area contributed by atoms with Gasteiger partial charge in [0.15, 0.2) is 5.75 Å². The molecule has 0 amide bonds. The lowest BCUT2D eigenvalue weighted by molar-refractivity contribution is -0.133. The lowest BCUT2D eigenvalue weighted by Crippen LogP contribution is -2.10. The van der Waals surface area contributed by atoms with Gasteiger partial charge >= 0.3 is 5.97 Å². The minimum atomic E-state index is -0.413. The van der Waals surface area contributed by atoms with Gasteiger partial charge in [-0.3, -0.25) is 9.59 Å². The van der Waals surface area contributed by atoms with Crippen LogP contribution in [0.1, 0.15) is 29.4 Å². The number of nitrogens with one attached hydrogen (secondary N) is 1. The first-order chi connectivity index (χ1) is 13.6. The fourth-order valence-corrected chi connectivity index (χ4v) is 3.69. The summed E-state index contributed by atoms with van der Waals surface area (Å²) in [5.41, 5.74) is 2.27. The number of carbonyl (C=O) groups is 2. The summed E-state index contributed by atoms with van der Waals surface area (Å²) in [5, 5.41) is 3.94. The molecule has 0 atom stereocenters. The van der Waals surface area contributed by atoms with Gasteiger partial charge in [-0.2, -0.15) is 0 Å². The number of benzene rings is 2. The van der Waals surface area contributed by atoms with Crippen molar-refractivity contribution in [2.45, 2.75) is 13.3 Å². The minimum absolute atomic E-state index is 0.205. The molecule has 0 aliphatic heterocycles. The van der Waals surface area contributed by atoms with E-state index in [-0.39, 0.29) is 23.6 Å². The molecule has 7 heteroatoms. The van der Waals surface area contributed by atoms with Gasteiger partial charge in [0.05, 0.1) is 5.52 Å². The summed E-state index contributed by atoms with van der Waals surface area (Å²) in [6.45, 7) is 1.70. The Hall–Kier alpha value is -2.96. The first kappa shape index (κ1) is 18.4. The first-order valence-corrected chi connectivity index (χ1v) is 9.89. The van der Waals surface area contributed by atoms with Crippen molar-refractivity contribution < 1.29 is 14.3 Å². The van der Waals surface area contributed by atoms with Crippen molar-refractivity contribution in [3.8, 4) is 16.3 Å². The maximum Gasteiger partial charge on any atom is 0.310 e. The Morgan fingerprint density at radius 3 is 2.64 bits per heavy atom. The molecule has 140 valence electrons. The van der Waals surface area contributed by atoms with Crippen LogP contribution in [0, 0.1) is 0 Å². The molecule has 0 radical (unpaired) electrons. The molecule has 0 bridgehead atoms. The third-order valence-electron chi connectivity index (χ3n) is 4.27. The van der Waals surface area contributed by atoms with Crippen LogP contribution in [-0.2, 0) is 4.79 Å². The smallest absolute Gasteiger partial charge is 0.310 e. The Morgan fingerprint density at radius 2 is 1.96 bits per heavy atom. The summed E-state index contributed by atoms with van der Waals surface area (Å²) in [7, 11) is 0. The van der Waals surface area contributed by atoms with Gasteiger partial charge in [-0.15, -0.1) is 11.3 Å². The largest absolute Gasteiger partial charge is 0.423 e. The second-order valence-electron chi connectivity index (χ2n) is 6.09. The molecule has 28 heavy (non-hydrogen) atoms. The number of nitrogens with zero attached hydrogens (tertiary/aromatic N) is 1. The Kier molecular flexibility index (Phi) is 4.98. The number of aromatic amines is 1. The van der Waals surface area contributed by atoms with Crippen LogP contribution in [0.2, 0.25) is 5.02 Å². The molecule has 1 N–H and O–H groups in total. The van der Waals surface area contributed by atoms with Crippen LogP contribution in [-0.4, -0.2) is 21.7 Å². The number of thiazole rings is 1. The number of hydrogen-bond acceptors (Lipinski definition) is 5. The number of hydrogen-bond donors (Lipinski definition) is 1. The number of carbonyl (C=O) groups excluding carboxylic acids is 2. The lowest BCUT2D eigenvalue weighted by Gasteiger charge is -2.06. The van der Waals surface area contributed by atoms with E-state index in [9.17, 15) is 9.59 Å². The third-order valence-corrected chi connectivity index (χ3v) is 5.33. The van der Waals surface area contributed by atoms with Crippen molar-refractivity contribution in [2.75, 3.05) is 0 Å². The van der Waals surface area contributed by atoms with E-state index < -0.39 is 5.97 Å². The summed E-state index contributed by atoms with van der Waals surface area (Å²) in [4.78, 5) is 32.3. The SMILES string of the molecule is CCC(=O)Oc1c(C(=O)c2ccc(-c3nccs3)cc2)[nH]c2cc(Cl)ccc12. The van der Waals surface area contributed by atoms with Crippen LogP contribution in [0.15, 0.2) is 54.0 Å². The number of ether oxygens (including phenoxy) is 1. The maximum atomic E-state index is 13.1. The molecule has 2 aromatic heterocycles. The van der Waals surface area contributed by atoms with Crippen molar-refractivity contribution >= 4 is 45.6 Å². The van der Waals surface area contributed by atoms with Crippen molar-refractivity contribution in [1.29, 1.82) is 0 Å². The minimum Gasteiger partial charge on any atom is -0.423 e. The Morgan fingerprint density at radius 1 is 1.18 bits per heavy atom. The Labute approximate surface area is 169 Å². The molecule has 0 saturated heterocycles. The normalized spacial score (nSPS) is 10.9. The Balaban J connectivity index is 1.75. The highest BCUT2D eigenvalue weighted by molar-refractivity contribution is 7.13. The zero-order valence-corrected chi connectivity index (χ0v) is 16.4. The van der Waals surface area contributed by atoms with Gasteiger partial charge in [0.25, 0.3) is 0 Å². The molecule has 0 fully saturated rings. The van der Waals surface area contributed by atoms with Crippen molar-refractivity contribution in [2.24, 2.45) is 0 Å². The predicted octanol–water partition coefficient (Wildman–Crippen LogP) is 5.49. The van der Waals surface area contributed by atoms with E-state index in [1.165, 1.54) is 11.3 Å². The molecule has 0 aliphatic rings. The highest BCUT2D eigenvalue weighted by Crippen LogP contribution is 2.34. The molecule has 5 nitrogen and oxygen atoms in total. The highest BCUT2D eigenvalue weighted by Gasteiger charge is 2.22. The van der Waals surface area contributed by atoms with Crippen LogP contribution in [0.3, 0.4) is 0 Å². The second kappa shape index (κ2) is 7.58. The molecule has 0 spiro atoms. The third kappa shape index (κ3) is 3.44. The van der Waals surface area contributed by atoms with Gasteiger partial charge < -0.3 is 9.72 Å². The monoisotopic (exact) mass is 410 g/mol. The van der Waals surface area contributed by atoms with E-state index in [0.717, 1.165) is 10.6 Å². The quantitative estimate of drug-likeness (QED) is 0.348. The molecule has 4 rings (SSSR count). The van der Waals surface area contributed by atoms with Gasteiger partial charge in [0.2, 0.25) is 5.78 Å². The van der Waals surface area contributed by atoms with Gasteiger partial charge in [-0.1, -0.05) is 42.8 Å². The molecule has 2 aromatic carbocycles. The first-order valence-electron chi connectivity index (χ1n) is 8.63. The molecular formula is C21H15ClN2O3S. The van der Waals surface area contributed by atoms with Crippen LogP contribution >= 0.6 is 22.9 Å². The highest BCUT2D eigenvalue weighted by atomic mass is 35.5.